The summed E-state index contributed by atoms with van der Waals surface area (Å²) in [7, 11) is 1.51. The fourth-order valence-electron chi connectivity index (χ4n) is 1.89. The van der Waals surface area contributed by atoms with Gasteiger partial charge in [0.25, 0.3) is 0 Å². The molecule has 1 aromatic heterocycles. The van der Waals surface area contributed by atoms with Crippen LogP contribution in [0, 0.1) is 10.1 Å². The Kier molecular flexibility index (Phi) is 3.43. The zero-order valence-electron chi connectivity index (χ0n) is 9.48. The minimum atomic E-state index is -0.979. The number of carboxylic acid groups (broad SMARTS) is 1. The summed E-state index contributed by atoms with van der Waals surface area (Å²) in [5, 5.41) is 19.9. The standard InChI is InChI=1S/C9H11N3O5S/c1-17-5-2-6(8(13)14)11(4-5)9-10-3-7(18-9)12(15)16/h3,5-6H,2,4H2,1H3,(H,13,14). The number of hydrogen-bond donors (Lipinski definition) is 1. The zero-order chi connectivity index (χ0) is 13.3. The molecule has 0 aromatic carbocycles. The number of aliphatic carboxylic acids is 1. The van der Waals surface area contributed by atoms with Gasteiger partial charge in [0, 0.05) is 20.1 Å². The summed E-state index contributed by atoms with van der Waals surface area (Å²) in [4.78, 5) is 26.6. The van der Waals surface area contributed by atoms with Crippen LogP contribution in [0.2, 0.25) is 0 Å². The van der Waals surface area contributed by atoms with E-state index < -0.39 is 16.9 Å². The highest BCUT2D eigenvalue weighted by Crippen LogP contribution is 2.33. The molecule has 0 bridgehead atoms. The molecule has 98 valence electrons. The molecule has 1 aliphatic rings. The Morgan fingerprint density at radius 2 is 2.50 bits per heavy atom. The second-order valence-electron chi connectivity index (χ2n) is 3.84. The summed E-state index contributed by atoms with van der Waals surface area (Å²) in [6, 6.07) is -0.749. The van der Waals surface area contributed by atoms with Crippen LogP contribution in [-0.4, -0.2) is 46.8 Å². The lowest BCUT2D eigenvalue weighted by Crippen LogP contribution is -2.35. The van der Waals surface area contributed by atoms with E-state index >= 15 is 0 Å². The molecule has 0 aliphatic carbocycles. The highest BCUT2D eigenvalue weighted by Gasteiger charge is 2.39. The molecule has 1 aromatic rings. The predicted octanol–water partition coefficient (Wildman–Crippen LogP) is 0.730. The van der Waals surface area contributed by atoms with Gasteiger partial charge in [-0.1, -0.05) is 0 Å². The Morgan fingerprint density at radius 3 is 3.00 bits per heavy atom. The van der Waals surface area contributed by atoms with Crippen LogP contribution in [0.1, 0.15) is 6.42 Å². The van der Waals surface area contributed by atoms with Crippen molar-refractivity contribution in [2.45, 2.75) is 18.6 Å². The van der Waals surface area contributed by atoms with E-state index in [2.05, 4.69) is 4.98 Å². The first kappa shape index (κ1) is 12.7. The fraction of sp³-hybridized carbons (Fsp3) is 0.556. The topological polar surface area (TPSA) is 106 Å². The van der Waals surface area contributed by atoms with Gasteiger partial charge < -0.3 is 14.7 Å². The second kappa shape index (κ2) is 4.86. The number of hydrogen-bond acceptors (Lipinski definition) is 7. The van der Waals surface area contributed by atoms with E-state index in [-0.39, 0.29) is 11.1 Å². The van der Waals surface area contributed by atoms with Crippen LogP contribution >= 0.6 is 11.3 Å². The first-order valence-electron chi connectivity index (χ1n) is 5.15. The highest BCUT2D eigenvalue weighted by atomic mass is 32.1. The molecular formula is C9H11N3O5S. The molecule has 0 saturated carbocycles. The van der Waals surface area contributed by atoms with E-state index in [1.165, 1.54) is 12.0 Å². The van der Waals surface area contributed by atoms with Crippen molar-refractivity contribution in [1.82, 2.24) is 4.98 Å². The lowest BCUT2D eigenvalue weighted by atomic mass is 10.2. The van der Waals surface area contributed by atoms with Crippen LogP contribution in [0.25, 0.3) is 0 Å². The van der Waals surface area contributed by atoms with E-state index in [1.807, 2.05) is 0 Å². The quantitative estimate of drug-likeness (QED) is 0.636. The van der Waals surface area contributed by atoms with Crippen LogP contribution in [-0.2, 0) is 9.53 Å². The van der Waals surface area contributed by atoms with E-state index in [0.29, 0.717) is 18.1 Å². The maximum Gasteiger partial charge on any atom is 0.345 e. The van der Waals surface area contributed by atoms with Crippen LogP contribution < -0.4 is 4.90 Å². The van der Waals surface area contributed by atoms with Crippen molar-refractivity contribution in [3.63, 3.8) is 0 Å². The van der Waals surface area contributed by atoms with Crippen molar-refractivity contribution >= 4 is 27.4 Å². The third kappa shape index (κ3) is 2.27. The third-order valence-corrected chi connectivity index (χ3v) is 3.77. The van der Waals surface area contributed by atoms with Crippen molar-refractivity contribution in [3.05, 3.63) is 16.3 Å². The maximum absolute atomic E-state index is 11.1. The van der Waals surface area contributed by atoms with Crippen LogP contribution in [0.5, 0.6) is 0 Å². The first-order chi connectivity index (χ1) is 8.52. The SMILES string of the molecule is COC1CC(C(=O)O)N(c2ncc([N+](=O)[O-])s2)C1. The summed E-state index contributed by atoms with van der Waals surface area (Å²) in [5.41, 5.74) is 0. The highest BCUT2D eigenvalue weighted by molar-refractivity contribution is 7.18. The van der Waals surface area contributed by atoms with Crippen molar-refractivity contribution in [1.29, 1.82) is 0 Å². The van der Waals surface area contributed by atoms with Gasteiger partial charge in [-0.2, -0.15) is 0 Å². The molecule has 18 heavy (non-hydrogen) atoms. The fourth-order valence-corrected chi connectivity index (χ4v) is 2.68. The predicted molar refractivity (Wildman–Crippen MR) is 63.0 cm³/mol. The Hall–Kier alpha value is -1.74. The average Bonchev–Trinajstić information content (AvgIpc) is 2.95. The Labute approximate surface area is 106 Å². The van der Waals surface area contributed by atoms with Gasteiger partial charge in [-0.3, -0.25) is 10.1 Å². The van der Waals surface area contributed by atoms with Crippen molar-refractivity contribution in [3.8, 4) is 0 Å². The molecule has 9 heteroatoms. The molecule has 1 aliphatic heterocycles. The van der Waals surface area contributed by atoms with Gasteiger partial charge in [-0.05, 0) is 11.3 Å². The van der Waals surface area contributed by atoms with Crippen molar-refractivity contribution < 1.29 is 19.6 Å². The largest absolute Gasteiger partial charge is 0.480 e. The number of nitrogens with zero attached hydrogens (tertiary/aromatic N) is 3. The summed E-state index contributed by atoms with van der Waals surface area (Å²) in [5.74, 6) is -0.979. The molecule has 0 spiro atoms. The number of methoxy groups -OCH3 is 1. The van der Waals surface area contributed by atoms with Gasteiger partial charge in [0.1, 0.15) is 12.2 Å². The van der Waals surface area contributed by atoms with Gasteiger partial charge >= 0.3 is 11.0 Å². The first-order valence-corrected chi connectivity index (χ1v) is 5.97. The number of nitro groups is 1. The van der Waals surface area contributed by atoms with Crippen LogP contribution in [0.4, 0.5) is 10.1 Å². The van der Waals surface area contributed by atoms with Crippen molar-refractivity contribution in [2.24, 2.45) is 0 Å². The minimum Gasteiger partial charge on any atom is -0.480 e. The van der Waals surface area contributed by atoms with Crippen LogP contribution in [0.15, 0.2) is 6.20 Å². The van der Waals surface area contributed by atoms with Gasteiger partial charge in [-0.15, -0.1) is 0 Å². The monoisotopic (exact) mass is 273 g/mol. The molecule has 1 N–H and O–H groups in total. The van der Waals surface area contributed by atoms with Gasteiger partial charge in [0.2, 0.25) is 0 Å². The van der Waals surface area contributed by atoms with E-state index in [9.17, 15) is 14.9 Å². The van der Waals surface area contributed by atoms with Gasteiger partial charge in [-0.25, -0.2) is 9.78 Å². The lowest BCUT2D eigenvalue weighted by molar-refractivity contribution is -0.380. The Balaban J connectivity index is 2.24. The number of thiazole rings is 1. The maximum atomic E-state index is 11.1. The molecule has 2 rings (SSSR count). The van der Waals surface area contributed by atoms with Gasteiger partial charge in [0.15, 0.2) is 5.13 Å². The van der Waals surface area contributed by atoms with E-state index in [4.69, 9.17) is 9.84 Å². The molecule has 1 fully saturated rings. The Morgan fingerprint density at radius 1 is 1.78 bits per heavy atom. The molecular weight excluding hydrogens is 262 g/mol. The summed E-state index contributed by atoms with van der Waals surface area (Å²) in [6.45, 7) is 0.373. The van der Waals surface area contributed by atoms with Crippen molar-refractivity contribution in [2.75, 3.05) is 18.6 Å². The number of carbonyl (C=O) groups is 1. The second-order valence-corrected chi connectivity index (χ2v) is 4.83. The minimum absolute atomic E-state index is 0.102. The smallest absolute Gasteiger partial charge is 0.345 e. The molecule has 1 saturated heterocycles. The van der Waals surface area contributed by atoms with E-state index in [0.717, 1.165) is 17.5 Å². The molecule has 2 unspecified atom stereocenters. The van der Waals surface area contributed by atoms with Gasteiger partial charge in [0.05, 0.1) is 11.0 Å². The number of rotatable bonds is 4. The van der Waals surface area contributed by atoms with Crippen LogP contribution in [0.3, 0.4) is 0 Å². The summed E-state index contributed by atoms with van der Waals surface area (Å²) in [6.07, 6.45) is 1.28. The molecule has 2 atom stereocenters. The molecule has 2 heterocycles. The average molecular weight is 273 g/mol. The Bertz CT molecular complexity index is 477. The molecule has 0 radical (unpaired) electrons. The number of aromatic nitrogens is 1. The molecule has 0 amide bonds. The normalized spacial score (nSPS) is 23.3. The van der Waals surface area contributed by atoms with E-state index in [1.54, 1.807) is 0 Å². The number of carboxylic acids is 1. The third-order valence-electron chi connectivity index (χ3n) is 2.79. The lowest BCUT2D eigenvalue weighted by Gasteiger charge is -2.19. The zero-order valence-corrected chi connectivity index (χ0v) is 10.3. The summed E-state index contributed by atoms with van der Waals surface area (Å²) >= 11 is 0.869. The number of ether oxygens (including phenoxy) is 1. The molecule has 8 nitrogen and oxygen atoms in total. The summed E-state index contributed by atoms with van der Waals surface area (Å²) < 4.78 is 5.14. The number of anilines is 1.